The van der Waals surface area contributed by atoms with Gasteiger partial charge in [-0.05, 0) is 70.6 Å². The van der Waals surface area contributed by atoms with Crippen LogP contribution in [0, 0.1) is 34.8 Å². The minimum atomic E-state index is -4.25. The fraction of sp³-hybridized carbons (Fsp3) is 0.129. The average Bonchev–Trinajstić information content (AvgIpc) is 3.51. The molecule has 0 saturated carbocycles. The van der Waals surface area contributed by atoms with Crippen molar-refractivity contribution in [1.29, 1.82) is 5.26 Å². The summed E-state index contributed by atoms with van der Waals surface area (Å²) < 4.78 is 66.3. The SMILES string of the molecule is C=C/C(=N\C=C\C#Cc1ccc(OCc2ccc(C#N)cc2)cc1)C(F)(F)C(O)(Cn1cnnn1)c1ccc(F)cc1F. The molecule has 216 valence electrons. The molecule has 0 saturated heterocycles. The summed E-state index contributed by atoms with van der Waals surface area (Å²) in [6.07, 6.45) is 3.84. The Labute approximate surface area is 243 Å². The molecule has 3 aromatic carbocycles. The van der Waals surface area contributed by atoms with Crippen LogP contribution in [-0.4, -0.2) is 36.9 Å². The highest BCUT2D eigenvalue weighted by molar-refractivity contribution is 6.01. The van der Waals surface area contributed by atoms with Gasteiger partial charge in [0.25, 0.3) is 0 Å². The Balaban J connectivity index is 1.48. The third-order valence-electron chi connectivity index (χ3n) is 6.12. The molecule has 0 radical (unpaired) electrons. The van der Waals surface area contributed by atoms with E-state index < -0.39 is 41.0 Å². The molecule has 43 heavy (non-hydrogen) atoms. The van der Waals surface area contributed by atoms with Crippen molar-refractivity contribution in [1.82, 2.24) is 20.2 Å². The fourth-order valence-electron chi connectivity index (χ4n) is 3.90. The first-order valence-electron chi connectivity index (χ1n) is 12.5. The van der Waals surface area contributed by atoms with E-state index in [1.807, 2.05) is 0 Å². The molecule has 1 atom stereocenters. The number of nitriles is 1. The zero-order valence-electron chi connectivity index (χ0n) is 22.3. The zero-order chi connectivity index (χ0) is 30.9. The topological polar surface area (TPSA) is 109 Å². The second kappa shape index (κ2) is 13.4. The summed E-state index contributed by atoms with van der Waals surface area (Å²) in [7, 11) is 0. The number of aromatic nitrogens is 4. The molecular formula is C31H22F4N6O2. The molecule has 4 aromatic rings. The van der Waals surface area contributed by atoms with Crippen LogP contribution >= 0.6 is 0 Å². The second-order valence-electron chi connectivity index (χ2n) is 8.99. The number of ether oxygens (including phenoxy) is 1. The van der Waals surface area contributed by atoms with Crippen molar-refractivity contribution in [2.24, 2.45) is 4.99 Å². The number of hydrogen-bond acceptors (Lipinski definition) is 7. The Morgan fingerprint density at radius 1 is 1.07 bits per heavy atom. The van der Waals surface area contributed by atoms with Gasteiger partial charge in [-0.15, -0.1) is 5.10 Å². The van der Waals surface area contributed by atoms with Crippen LogP contribution in [0.1, 0.15) is 22.3 Å². The molecule has 0 fully saturated rings. The number of hydrogen-bond donors (Lipinski definition) is 1. The molecular weight excluding hydrogens is 564 g/mol. The van der Waals surface area contributed by atoms with Crippen molar-refractivity contribution in [3.63, 3.8) is 0 Å². The molecule has 0 aliphatic carbocycles. The van der Waals surface area contributed by atoms with E-state index in [2.05, 4.69) is 45.0 Å². The van der Waals surface area contributed by atoms with Gasteiger partial charge in [-0.3, -0.25) is 4.99 Å². The number of nitrogens with zero attached hydrogens (tertiary/aromatic N) is 6. The molecule has 4 rings (SSSR count). The Morgan fingerprint density at radius 2 is 1.79 bits per heavy atom. The Bertz CT molecular complexity index is 1740. The summed E-state index contributed by atoms with van der Waals surface area (Å²) in [4.78, 5) is 3.70. The predicted molar refractivity (Wildman–Crippen MR) is 149 cm³/mol. The average molecular weight is 587 g/mol. The number of tetrazole rings is 1. The third-order valence-corrected chi connectivity index (χ3v) is 6.12. The minimum Gasteiger partial charge on any atom is -0.489 e. The quantitative estimate of drug-likeness (QED) is 0.157. The van der Waals surface area contributed by atoms with E-state index in [0.717, 1.165) is 28.8 Å². The Morgan fingerprint density at radius 3 is 2.42 bits per heavy atom. The maximum absolute atomic E-state index is 15.8. The van der Waals surface area contributed by atoms with Crippen LogP contribution in [0.25, 0.3) is 0 Å². The van der Waals surface area contributed by atoms with E-state index in [9.17, 15) is 13.9 Å². The largest absolute Gasteiger partial charge is 0.489 e. The van der Waals surface area contributed by atoms with Crippen molar-refractivity contribution in [2.45, 2.75) is 24.7 Å². The van der Waals surface area contributed by atoms with Crippen LogP contribution in [0.4, 0.5) is 17.6 Å². The van der Waals surface area contributed by atoms with Crippen LogP contribution in [0.5, 0.6) is 5.75 Å². The normalized spacial score (nSPS) is 13.1. The number of aliphatic imine (C=N–C) groups is 1. The van der Waals surface area contributed by atoms with E-state index in [1.165, 1.54) is 6.08 Å². The molecule has 1 N–H and O–H groups in total. The molecule has 1 heterocycles. The van der Waals surface area contributed by atoms with Gasteiger partial charge in [0.1, 0.15) is 36.0 Å². The van der Waals surface area contributed by atoms with Gasteiger partial charge in [0.05, 0.1) is 18.2 Å². The molecule has 0 bridgehead atoms. The lowest BCUT2D eigenvalue weighted by Crippen LogP contribution is -2.53. The highest BCUT2D eigenvalue weighted by Gasteiger charge is 2.58. The van der Waals surface area contributed by atoms with Crippen LogP contribution in [-0.2, 0) is 18.8 Å². The summed E-state index contributed by atoms with van der Waals surface area (Å²) in [5, 5.41) is 30.2. The van der Waals surface area contributed by atoms with Gasteiger partial charge >= 0.3 is 5.92 Å². The first-order valence-corrected chi connectivity index (χ1v) is 12.5. The smallest absolute Gasteiger partial charge is 0.323 e. The summed E-state index contributed by atoms with van der Waals surface area (Å²) in [5.74, 6) is -0.575. The van der Waals surface area contributed by atoms with Crippen molar-refractivity contribution in [3.05, 3.63) is 132 Å². The lowest BCUT2D eigenvalue weighted by molar-refractivity contribution is -0.154. The highest BCUT2D eigenvalue weighted by atomic mass is 19.3. The van der Waals surface area contributed by atoms with Crippen LogP contribution in [0.2, 0.25) is 0 Å². The van der Waals surface area contributed by atoms with E-state index >= 15 is 8.78 Å². The summed E-state index contributed by atoms with van der Waals surface area (Å²) >= 11 is 0. The second-order valence-corrected chi connectivity index (χ2v) is 8.99. The molecule has 0 aliphatic heterocycles. The van der Waals surface area contributed by atoms with E-state index in [-0.39, 0.29) is 0 Å². The van der Waals surface area contributed by atoms with Gasteiger partial charge in [-0.25, -0.2) is 13.5 Å². The maximum atomic E-state index is 15.8. The van der Waals surface area contributed by atoms with Crippen molar-refractivity contribution in [3.8, 4) is 23.7 Å². The number of benzene rings is 3. The number of rotatable bonds is 10. The molecule has 0 spiro atoms. The van der Waals surface area contributed by atoms with Gasteiger partial charge in [0.15, 0.2) is 5.60 Å². The first kappa shape index (κ1) is 30.4. The third kappa shape index (κ3) is 7.19. The van der Waals surface area contributed by atoms with Gasteiger partial charge in [0.2, 0.25) is 0 Å². The molecule has 0 aliphatic rings. The summed E-state index contributed by atoms with van der Waals surface area (Å²) in [6.45, 7) is 2.67. The fourth-order valence-corrected chi connectivity index (χ4v) is 3.90. The predicted octanol–water partition coefficient (Wildman–Crippen LogP) is 5.12. The lowest BCUT2D eigenvalue weighted by atomic mass is 9.84. The monoisotopic (exact) mass is 586 g/mol. The van der Waals surface area contributed by atoms with E-state index in [0.29, 0.717) is 41.7 Å². The number of alkyl halides is 2. The number of halogens is 4. The van der Waals surface area contributed by atoms with E-state index in [4.69, 9.17) is 10.00 Å². The van der Waals surface area contributed by atoms with Crippen molar-refractivity contribution in [2.75, 3.05) is 0 Å². The molecule has 8 nitrogen and oxygen atoms in total. The first-order chi connectivity index (χ1) is 20.7. The van der Waals surface area contributed by atoms with Crippen molar-refractivity contribution >= 4 is 5.71 Å². The van der Waals surface area contributed by atoms with Gasteiger partial charge in [-0.2, -0.15) is 14.0 Å². The Kier molecular flexibility index (Phi) is 9.45. The molecule has 1 aromatic heterocycles. The summed E-state index contributed by atoms with van der Waals surface area (Å²) in [6, 6.07) is 17.7. The Hall–Kier alpha value is -5.59. The highest BCUT2D eigenvalue weighted by Crippen LogP contribution is 2.42. The van der Waals surface area contributed by atoms with Gasteiger partial charge in [0, 0.05) is 29.5 Å². The van der Waals surface area contributed by atoms with Crippen LogP contribution in [0.3, 0.4) is 0 Å². The van der Waals surface area contributed by atoms with E-state index in [1.54, 1.807) is 48.5 Å². The lowest BCUT2D eigenvalue weighted by Gasteiger charge is -2.36. The van der Waals surface area contributed by atoms with Crippen LogP contribution in [0.15, 0.2) is 103 Å². The van der Waals surface area contributed by atoms with Crippen molar-refractivity contribution < 1.29 is 27.4 Å². The van der Waals surface area contributed by atoms with Gasteiger partial charge < -0.3 is 9.84 Å². The number of aliphatic hydroxyl groups is 1. The summed E-state index contributed by atoms with van der Waals surface area (Å²) in [5.41, 5.74) is -3.11. The number of allylic oxidation sites excluding steroid dienone is 2. The maximum Gasteiger partial charge on any atom is 0.323 e. The van der Waals surface area contributed by atoms with Crippen LogP contribution < -0.4 is 4.74 Å². The van der Waals surface area contributed by atoms with Gasteiger partial charge in [-0.1, -0.05) is 30.6 Å². The minimum absolute atomic E-state index is 0.312. The molecule has 12 heteroatoms. The standard InChI is InChI=1S/C31H22F4N6O2/c1-2-29(31(34,35)30(42,20-41-21-38-39-40-41)27-15-12-25(32)17-28(27)33)37-16-4-3-5-22-10-13-26(14-11-22)43-19-24-8-6-23(18-36)7-9-24/h2,4,6-17,21,42H,1,19-20H2/b16-4+,37-29+. The molecule has 0 amide bonds. The molecule has 1 unspecified atom stereocenters. The zero-order valence-corrected chi connectivity index (χ0v) is 22.3.